The molecule has 144 valence electrons. The van der Waals surface area contributed by atoms with Crippen LogP contribution in [-0.2, 0) is 4.79 Å². The van der Waals surface area contributed by atoms with Crippen molar-refractivity contribution in [2.75, 3.05) is 33.3 Å². The van der Waals surface area contributed by atoms with E-state index in [4.69, 9.17) is 24.7 Å². The minimum absolute atomic E-state index is 0.184. The fourth-order valence-electron chi connectivity index (χ4n) is 2.41. The first kappa shape index (κ1) is 19.9. The molecular formula is C19H22N2O6. The lowest BCUT2D eigenvalue weighted by molar-refractivity contribution is -0.120. The van der Waals surface area contributed by atoms with Gasteiger partial charge in [-0.25, -0.2) is 0 Å². The SMILES string of the molecule is COc1ccc(C)cc1NC(=O)c1cc(OC)c(OCC(N)=O)c(OC)c1. The molecule has 0 radical (unpaired) electrons. The summed E-state index contributed by atoms with van der Waals surface area (Å²) in [7, 11) is 4.35. The Morgan fingerprint density at radius 2 is 1.56 bits per heavy atom. The second-order valence-electron chi connectivity index (χ2n) is 5.62. The molecule has 0 spiro atoms. The molecule has 0 saturated heterocycles. The van der Waals surface area contributed by atoms with Crippen molar-refractivity contribution in [2.24, 2.45) is 5.73 Å². The second-order valence-corrected chi connectivity index (χ2v) is 5.62. The van der Waals surface area contributed by atoms with E-state index in [9.17, 15) is 9.59 Å². The van der Waals surface area contributed by atoms with E-state index in [-0.39, 0.29) is 29.4 Å². The lowest BCUT2D eigenvalue weighted by Crippen LogP contribution is -2.20. The molecule has 0 unspecified atom stereocenters. The molecule has 0 aliphatic carbocycles. The highest BCUT2D eigenvalue weighted by atomic mass is 16.5. The number of anilines is 1. The Morgan fingerprint density at radius 1 is 0.963 bits per heavy atom. The van der Waals surface area contributed by atoms with Gasteiger partial charge in [0.05, 0.1) is 27.0 Å². The van der Waals surface area contributed by atoms with E-state index in [1.807, 2.05) is 13.0 Å². The summed E-state index contributed by atoms with van der Waals surface area (Å²) < 4.78 is 21.1. The fourth-order valence-corrected chi connectivity index (χ4v) is 2.41. The van der Waals surface area contributed by atoms with Gasteiger partial charge in [0, 0.05) is 5.56 Å². The highest BCUT2D eigenvalue weighted by Crippen LogP contribution is 2.39. The quantitative estimate of drug-likeness (QED) is 0.733. The lowest BCUT2D eigenvalue weighted by Gasteiger charge is -2.16. The lowest BCUT2D eigenvalue weighted by atomic mass is 10.1. The molecule has 0 bridgehead atoms. The third-order valence-corrected chi connectivity index (χ3v) is 3.68. The number of carbonyl (C=O) groups excluding carboxylic acids is 2. The maximum absolute atomic E-state index is 12.7. The summed E-state index contributed by atoms with van der Waals surface area (Å²) >= 11 is 0. The average Bonchev–Trinajstić information content (AvgIpc) is 2.65. The Kier molecular flexibility index (Phi) is 6.48. The number of nitrogens with two attached hydrogens (primary N) is 1. The van der Waals surface area contributed by atoms with Crippen molar-refractivity contribution in [1.29, 1.82) is 0 Å². The van der Waals surface area contributed by atoms with Crippen LogP contribution < -0.4 is 30.0 Å². The highest BCUT2D eigenvalue weighted by Gasteiger charge is 2.19. The number of benzene rings is 2. The number of methoxy groups -OCH3 is 3. The zero-order valence-corrected chi connectivity index (χ0v) is 15.6. The number of nitrogens with one attached hydrogen (secondary N) is 1. The van der Waals surface area contributed by atoms with Crippen molar-refractivity contribution in [3.63, 3.8) is 0 Å². The van der Waals surface area contributed by atoms with Crippen LogP contribution >= 0.6 is 0 Å². The Bertz CT molecular complexity index is 825. The van der Waals surface area contributed by atoms with Gasteiger partial charge in [0.1, 0.15) is 5.75 Å². The van der Waals surface area contributed by atoms with Gasteiger partial charge < -0.3 is 30.0 Å². The van der Waals surface area contributed by atoms with Crippen LogP contribution in [0.4, 0.5) is 5.69 Å². The normalized spacial score (nSPS) is 10.1. The van der Waals surface area contributed by atoms with E-state index >= 15 is 0 Å². The van der Waals surface area contributed by atoms with Crippen LogP contribution in [0.5, 0.6) is 23.0 Å². The summed E-state index contributed by atoms with van der Waals surface area (Å²) in [5.74, 6) is 0.149. The molecule has 8 nitrogen and oxygen atoms in total. The van der Waals surface area contributed by atoms with Gasteiger partial charge in [0.25, 0.3) is 11.8 Å². The van der Waals surface area contributed by atoms with Gasteiger partial charge in [-0.1, -0.05) is 6.07 Å². The molecule has 27 heavy (non-hydrogen) atoms. The summed E-state index contributed by atoms with van der Waals surface area (Å²) in [6.45, 7) is 1.56. The number of hydrogen-bond acceptors (Lipinski definition) is 6. The van der Waals surface area contributed by atoms with Gasteiger partial charge in [-0.3, -0.25) is 9.59 Å². The monoisotopic (exact) mass is 374 g/mol. The molecule has 2 rings (SSSR count). The summed E-state index contributed by atoms with van der Waals surface area (Å²) in [6.07, 6.45) is 0. The molecule has 0 fully saturated rings. The van der Waals surface area contributed by atoms with Gasteiger partial charge in [0.15, 0.2) is 18.1 Å². The van der Waals surface area contributed by atoms with E-state index in [0.717, 1.165) is 5.56 Å². The van der Waals surface area contributed by atoms with Crippen LogP contribution in [0.1, 0.15) is 15.9 Å². The van der Waals surface area contributed by atoms with E-state index in [0.29, 0.717) is 11.4 Å². The van der Waals surface area contributed by atoms with Gasteiger partial charge in [-0.2, -0.15) is 0 Å². The van der Waals surface area contributed by atoms with Crippen molar-refractivity contribution in [2.45, 2.75) is 6.92 Å². The molecule has 0 aliphatic rings. The summed E-state index contributed by atoms with van der Waals surface area (Å²) in [4.78, 5) is 23.7. The van der Waals surface area contributed by atoms with Gasteiger partial charge in [-0.05, 0) is 36.8 Å². The third-order valence-electron chi connectivity index (χ3n) is 3.68. The predicted octanol–water partition coefficient (Wildman–Crippen LogP) is 2.14. The van der Waals surface area contributed by atoms with Crippen molar-refractivity contribution < 1.29 is 28.5 Å². The Labute approximate surface area is 157 Å². The van der Waals surface area contributed by atoms with Gasteiger partial charge in [-0.15, -0.1) is 0 Å². The Balaban J connectivity index is 2.36. The molecule has 0 aromatic heterocycles. The van der Waals surface area contributed by atoms with Crippen molar-refractivity contribution in [3.05, 3.63) is 41.5 Å². The molecule has 8 heteroatoms. The number of primary amides is 1. The standard InChI is InChI=1S/C19H22N2O6/c1-11-5-6-14(24-2)13(7-11)21-19(23)12-8-15(25-3)18(16(9-12)26-4)27-10-17(20)22/h5-9H,10H2,1-4H3,(H2,20,22)(H,21,23). The Hall–Kier alpha value is -3.42. The first-order valence-corrected chi connectivity index (χ1v) is 8.02. The zero-order chi connectivity index (χ0) is 20.0. The molecular weight excluding hydrogens is 352 g/mol. The van der Waals surface area contributed by atoms with Gasteiger partial charge in [0.2, 0.25) is 5.75 Å². The fraction of sp³-hybridized carbons (Fsp3) is 0.263. The number of rotatable bonds is 8. The van der Waals surface area contributed by atoms with E-state index in [1.54, 1.807) is 12.1 Å². The Morgan fingerprint density at radius 3 is 2.07 bits per heavy atom. The molecule has 3 N–H and O–H groups in total. The topological polar surface area (TPSA) is 109 Å². The summed E-state index contributed by atoms with van der Waals surface area (Å²) in [6, 6.07) is 8.42. The molecule has 2 aromatic rings. The number of hydrogen-bond donors (Lipinski definition) is 2. The number of carbonyl (C=O) groups is 2. The minimum atomic E-state index is -0.646. The van der Waals surface area contributed by atoms with Crippen LogP contribution in [0, 0.1) is 6.92 Å². The number of aryl methyl sites for hydroxylation is 1. The van der Waals surface area contributed by atoms with Crippen LogP contribution in [0.3, 0.4) is 0 Å². The van der Waals surface area contributed by atoms with Crippen molar-refractivity contribution in [3.8, 4) is 23.0 Å². The zero-order valence-electron chi connectivity index (χ0n) is 15.6. The number of amides is 2. The van der Waals surface area contributed by atoms with Crippen LogP contribution in [0.15, 0.2) is 30.3 Å². The first-order valence-electron chi connectivity index (χ1n) is 8.02. The minimum Gasteiger partial charge on any atom is -0.495 e. The van der Waals surface area contributed by atoms with Crippen LogP contribution in [-0.4, -0.2) is 39.8 Å². The summed E-state index contributed by atoms with van der Waals surface area (Å²) in [5.41, 5.74) is 6.89. The molecule has 0 atom stereocenters. The largest absolute Gasteiger partial charge is 0.495 e. The van der Waals surface area contributed by atoms with Crippen LogP contribution in [0.25, 0.3) is 0 Å². The maximum atomic E-state index is 12.7. The third kappa shape index (κ3) is 4.81. The highest BCUT2D eigenvalue weighted by molar-refractivity contribution is 6.05. The predicted molar refractivity (Wildman–Crippen MR) is 99.9 cm³/mol. The molecule has 2 amide bonds. The molecule has 2 aromatic carbocycles. The molecule has 0 heterocycles. The molecule has 0 saturated carbocycles. The smallest absolute Gasteiger partial charge is 0.256 e. The summed E-state index contributed by atoms with van der Waals surface area (Å²) in [5, 5.41) is 2.80. The average molecular weight is 374 g/mol. The van der Waals surface area contributed by atoms with Gasteiger partial charge >= 0.3 is 0 Å². The molecule has 0 aliphatic heterocycles. The van der Waals surface area contributed by atoms with Crippen LogP contribution in [0.2, 0.25) is 0 Å². The first-order chi connectivity index (χ1) is 12.9. The second kappa shape index (κ2) is 8.79. The van der Waals surface area contributed by atoms with E-state index in [2.05, 4.69) is 5.32 Å². The van der Waals surface area contributed by atoms with E-state index in [1.165, 1.54) is 33.5 Å². The van der Waals surface area contributed by atoms with E-state index < -0.39 is 11.8 Å². The van der Waals surface area contributed by atoms with Crippen molar-refractivity contribution >= 4 is 17.5 Å². The number of ether oxygens (including phenoxy) is 4. The van der Waals surface area contributed by atoms with Crippen molar-refractivity contribution in [1.82, 2.24) is 0 Å². The maximum Gasteiger partial charge on any atom is 0.256 e.